The van der Waals surface area contributed by atoms with Crippen LogP contribution in [0.4, 0.5) is 5.82 Å². The van der Waals surface area contributed by atoms with Gasteiger partial charge in [-0.05, 0) is 30.2 Å². The Bertz CT molecular complexity index is 850. The Morgan fingerprint density at radius 1 is 1.29 bits per heavy atom. The van der Waals surface area contributed by atoms with Gasteiger partial charge in [0.1, 0.15) is 10.7 Å². The van der Waals surface area contributed by atoms with Gasteiger partial charge >= 0.3 is 0 Å². The number of nitrogens with one attached hydrogen (secondary N) is 2. The van der Waals surface area contributed by atoms with Crippen LogP contribution in [0.2, 0.25) is 0 Å². The summed E-state index contributed by atoms with van der Waals surface area (Å²) < 4.78 is 27.0. The second kappa shape index (κ2) is 7.80. The zero-order chi connectivity index (χ0) is 17.6. The van der Waals surface area contributed by atoms with Gasteiger partial charge in [-0.2, -0.15) is 0 Å². The highest BCUT2D eigenvalue weighted by molar-refractivity contribution is 7.89. The predicted octanol–water partition coefficient (Wildman–Crippen LogP) is 1.96. The number of nitrogens with zero attached hydrogens (tertiary/aromatic N) is 2. The molecule has 0 unspecified atom stereocenters. The molecule has 0 aromatic carbocycles. The average Bonchev–Trinajstić information content (AvgIpc) is 2.55. The predicted molar refractivity (Wildman–Crippen MR) is 91.8 cm³/mol. The molecule has 126 valence electrons. The van der Waals surface area contributed by atoms with Crippen LogP contribution in [-0.2, 0) is 14.8 Å². The maximum Gasteiger partial charge on any atom is 0.242 e. The summed E-state index contributed by atoms with van der Waals surface area (Å²) in [5.74, 6) is 0.151. The van der Waals surface area contributed by atoms with Gasteiger partial charge in [-0.25, -0.2) is 18.1 Å². The van der Waals surface area contributed by atoms with Crippen molar-refractivity contribution in [3.05, 3.63) is 49.4 Å². The van der Waals surface area contributed by atoms with E-state index >= 15 is 0 Å². The number of hydrogen-bond acceptors (Lipinski definition) is 5. The van der Waals surface area contributed by atoms with Crippen LogP contribution in [0.1, 0.15) is 13.3 Å². The van der Waals surface area contributed by atoms with Crippen molar-refractivity contribution >= 4 is 21.7 Å². The molecule has 2 rings (SSSR count). The molecule has 0 spiro atoms. The third kappa shape index (κ3) is 4.71. The monoisotopic (exact) mass is 346 g/mol. The van der Waals surface area contributed by atoms with Gasteiger partial charge in [0.2, 0.25) is 15.9 Å². The first-order valence-electron chi connectivity index (χ1n) is 7.22. The van der Waals surface area contributed by atoms with Gasteiger partial charge in [-0.15, -0.1) is 6.58 Å². The van der Waals surface area contributed by atoms with Gasteiger partial charge in [0.15, 0.2) is 0 Å². The summed E-state index contributed by atoms with van der Waals surface area (Å²) >= 11 is 0. The Labute approximate surface area is 140 Å². The summed E-state index contributed by atoms with van der Waals surface area (Å²) in [6.07, 6.45) is 6.55. The second-order valence-electron chi connectivity index (χ2n) is 5.00. The summed E-state index contributed by atoms with van der Waals surface area (Å²) in [6, 6.07) is 4.89. The Hall–Kier alpha value is -2.58. The largest absolute Gasteiger partial charge is 0.311 e. The maximum absolute atomic E-state index is 12.2. The fraction of sp³-hybridized carbons (Fsp3) is 0.188. The standard InChI is InChI=1S/C16H18N4O3S/c1-3-4-6-19-24(22,23)15-8-14(10-17-11-15)13-5-7-18-16(9-13)20-12(2)21/h3,5,7-11,19H,1,4,6H2,2H3,(H,18,20,21). The van der Waals surface area contributed by atoms with Crippen LogP contribution < -0.4 is 10.0 Å². The van der Waals surface area contributed by atoms with Crippen LogP contribution in [-0.4, -0.2) is 30.8 Å². The Morgan fingerprint density at radius 3 is 2.79 bits per heavy atom. The summed E-state index contributed by atoms with van der Waals surface area (Å²) in [4.78, 5) is 19.2. The van der Waals surface area contributed by atoms with E-state index in [4.69, 9.17) is 0 Å². The first kappa shape index (κ1) is 17.8. The molecule has 0 saturated carbocycles. The first-order valence-corrected chi connectivity index (χ1v) is 8.70. The lowest BCUT2D eigenvalue weighted by Crippen LogP contribution is -2.24. The first-order chi connectivity index (χ1) is 11.4. The Balaban J connectivity index is 2.30. The molecule has 24 heavy (non-hydrogen) atoms. The Morgan fingerprint density at radius 2 is 2.08 bits per heavy atom. The van der Waals surface area contributed by atoms with E-state index in [2.05, 4.69) is 26.6 Å². The van der Waals surface area contributed by atoms with E-state index in [1.807, 2.05) is 0 Å². The zero-order valence-corrected chi connectivity index (χ0v) is 14.0. The quantitative estimate of drug-likeness (QED) is 0.589. The minimum atomic E-state index is -3.64. The molecule has 0 fully saturated rings. The minimum absolute atomic E-state index is 0.0713. The van der Waals surface area contributed by atoms with Crippen LogP contribution in [0, 0.1) is 0 Å². The van der Waals surface area contributed by atoms with Crippen LogP contribution in [0.5, 0.6) is 0 Å². The lowest BCUT2D eigenvalue weighted by atomic mass is 10.1. The maximum atomic E-state index is 12.2. The number of carbonyl (C=O) groups excluding carboxylic acids is 1. The fourth-order valence-corrected chi connectivity index (χ4v) is 3.00. The number of rotatable bonds is 7. The van der Waals surface area contributed by atoms with Gasteiger partial charge in [0, 0.05) is 37.6 Å². The van der Waals surface area contributed by atoms with Crippen molar-refractivity contribution in [2.75, 3.05) is 11.9 Å². The molecule has 1 amide bonds. The molecule has 8 heteroatoms. The summed E-state index contributed by atoms with van der Waals surface area (Å²) in [5, 5.41) is 2.58. The molecule has 0 bridgehead atoms. The number of anilines is 1. The zero-order valence-electron chi connectivity index (χ0n) is 13.2. The molecule has 0 aliphatic heterocycles. The third-order valence-electron chi connectivity index (χ3n) is 3.06. The van der Waals surface area contributed by atoms with Crippen molar-refractivity contribution in [1.82, 2.24) is 14.7 Å². The third-order valence-corrected chi connectivity index (χ3v) is 4.49. The number of pyridine rings is 2. The van der Waals surface area contributed by atoms with Crippen molar-refractivity contribution in [1.29, 1.82) is 0 Å². The van der Waals surface area contributed by atoms with E-state index in [1.165, 1.54) is 25.4 Å². The fourth-order valence-electron chi connectivity index (χ4n) is 1.96. The normalized spacial score (nSPS) is 11.0. The van der Waals surface area contributed by atoms with Crippen molar-refractivity contribution in [3.8, 4) is 11.1 Å². The molecule has 0 atom stereocenters. The minimum Gasteiger partial charge on any atom is -0.311 e. The summed E-state index contributed by atoms with van der Waals surface area (Å²) in [7, 11) is -3.64. The van der Waals surface area contributed by atoms with Crippen LogP contribution in [0.15, 0.2) is 54.3 Å². The highest BCUT2D eigenvalue weighted by Gasteiger charge is 2.15. The molecule has 0 aliphatic rings. The van der Waals surface area contributed by atoms with Crippen molar-refractivity contribution in [2.24, 2.45) is 0 Å². The topological polar surface area (TPSA) is 101 Å². The van der Waals surface area contributed by atoms with Crippen LogP contribution in [0.3, 0.4) is 0 Å². The van der Waals surface area contributed by atoms with E-state index in [0.717, 1.165) is 0 Å². The smallest absolute Gasteiger partial charge is 0.242 e. The number of carbonyl (C=O) groups is 1. The lowest BCUT2D eigenvalue weighted by Gasteiger charge is -2.08. The van der Waals surface area contributed by atoms with Gasteiger partial charge < -0.3 is 5.32 Å². The van der Waals surface area contributed by atoms with Crippen molar-refractivity contribution in [3.63, 3.8) is 0 Å². The van der Waals surface area contributed by atoms with E-state index in [1.54, 1.807) is 24.4 Å². The second-order valence-corrected chi connectivity index (χ2v) is 6.76. The lowest BCUT2D eigenvalue weighted by molar-refractivity contribution is -0.114. The molecule has 0 aliphatic carbocycles. The number of sulfonamides is 1. The van der Waals surface area contributed by atoms with Gasteiger partial charge in [0.25, 0.3) is 0 Å². The molecular weight excluding hydrogens is 328 g/mol. The van der Waals surface area contributed by atoms with E-state index < -0.39 is 10.0 Å². The van der Waals surface area contributed by atoms with Gasteiger partial charge in [-0.1, -0.05) is 6.08 Å². The molecule has 2 heterocycles. The molecule has 2 aromatic rings. The highest BCUT2D eigenvalue weighted by atomic mass is 32.2. The van der Waals surface area contributed by atoms with E-state index in [9.17, 15) is 13.2 Å². The average molecular weight is 346 g/mol. The van der Waals surface area contributed by atoms with E-state index in [0.29, 0.717) is 23.4 Å². The number of hydrogen-bond donors (Lipinski definition) is 2. The molecule has 0 radical (unpaired) electrons. The van der Waals surface area contributed by atoms with Gasteiger partial charge in [0.05, 0.1) is 0 Å². The van der Waals surface area contributed by atoms with Crippen molar-refractivity contribution < 1.29 is 13.2 Å². The SMILES string of the molecule is C=CCCNS(=O)(=O)c1cncc(-c2ccnc(NC(C)=O)c2)c1. The van der Waals surface area contributed by atoms with Crippen molar-refractivity contribution in [2.45, 2.75) is 18.2 Å². The summed E-state index contributed by atoms with van der Waals surface area (Å²) in [5.41, 5.74) is 1.31. The van der Waals surface area contributed by atoms with E-state index in [-0.39, 0.29) is 17.3 Å². The highest BCUT2D eigenvalue weighted by Crippen LogP contribution is 2.23. The molecule has 7 nitrogen and oxygen atoms in total. The number of amides is 1. The number of aromatic nitrogens is 2. The molecule has 2 N–H and O–H groups in total. The Kier molecular flexibility index (Phi) is 5.78. The van der Waals surface area contributed by atoms with Crippen LogP contribution in [0.25, 0.3) is 11.1 Å². The van der Waals surface area contributed by atoms with Gasteiger partial charge in [-0.3, -0.25) is 9.78 Å². The molecule has 2 aromatic heterocycles. The molecule has 0 saturated heterocycles. The van der Waals surface area contributed by atoms with Crippen LogP contribution >= 0.6 is 0 Å². The molecular formula is C16H18N4O3S. The summed E-state index contributed by atoms with van der Waals surface area (Å²) in [6.45, 7) is 5.22.